The van der Waals surface area contributed by atoms with Crippen LogP contribution in [-0.4, -0.2) is 49.5 Å². The van der Waals surface area contributed by atoms with Crippen LogP contribution >= 0.6 is 24.0 Å². The fourth-order valence-electron chi connectivity index (χ4n) is 2.74. The molecule has 1 aromatic carbocycles. The maximum atomic E-state index is 12.0. The second kappa shape index (κ2) is 9.86. The van der Waals surface area contributed by atoms with Crippen LogP contribution in [-0.2, 0) is 0 Å². The second-order valence-electron chi connectivity index (χ2n) is 6.69. The van der Waals surface area contributed by atoms with E-state index in [1.54, 1.807) is 0 Å². The van der Waals surface area contributed by atoms with Crippen molar-refractivity contribution in [1.82, 2.24) is 15.5 Å². The highest BCUT2D eigenvalue weighted by molar-refractivity contribution is 14.0. The van der Waals surface area contributed by atoms with Gasteiger partial charge in [-0.25, -0.2) is 0 Å². The molecule has 0 bridgehead atoms. The molecule has 0 saturated carbocycles. The number of nitrogens with zero attached hydrogens (tertiary/aromatic N) is 2. The van der Waals surface area contributed by atoms with Crippen LogP contribution in [0.2, 0.25) is 0 Å². The molecule has 24 heavy (non-hydrogen) atoms. The molecule has 1 fully saturated rings. The first-order valence-electron chi connectivity index (χ1n) is 8.38. The number of amides is 1. The van der Waals surface area contributed by atoms with Crippen LogP contribution in [0.1, 0.15) is 37.6 Å². The fourth-order valence-corrected chi connectivity index (χ4v) is 2.74. The highest BCUT2D eigenvalue weighted by atomic mass is 127. The summed E-state index contributed by atoms with van der Waals surface area (Å²) in [6.07, 6.45) is 1.18. The highest BCUT2D eigenvalue weighted by Gasteiger charge is 2.30. The Balaban J connectivity index is 0.00000288. The molecule has 1 aliphatic heterocycles. The van der Waals surface area contributed by atoms with Crippen molar-refractivity contribution in [3.63, 3.8) is 0 Å². The first kappa shape index (κ1) is 20.7. The first-order valence-corrected chi connectivity index (χ1v) is 8.38. The molecule has 0 aliphatic carbocycles. The van der Waals surface area contributed by atoms with Gasteiger partial charge in [-0.3, -0.25) is 9.79 Å². The van der Waals surface area contributed by atoms with Crippen molar-refractivity contribution in [2.45, 2.75) is 27.2 Å². The summed E-state index contributed by atoms with van der Waals surface area (Å²) in [5.41, 5.74) is 1.03. The van der Waals surface area contributed by atoms with Gasteiger partial charge in [0, 0.05) is 31.7 Å². The van der Waals surface area contributed by atoms with Gasteiger partial charge in [0.2, 0.25) is 0 Å². The molecule has 1 saturated heterocycles. The lowest BCUT2D eigenvalue weighted by Gasteiger charge is -2.23. The van der Waals surface area contributed by atoms with Gasteiger partial charge in [-0.2, -0.15) is 0 Å². The predicted molar refractivity (Wildman–Crippen MR) is 110 cm³/mol. The Bertz CT molecular complexity index is 545. The van der Waals surface area contributed by atoms with E-state index in [-0.39, 0.29) is 29.9 Å². The van der Waals surface area contributed by atoms with Gasteiger partial charge in [0.05, 0.1) is 6.54 Å². The van der Waals surface area contributed by atoms with Crippen molar-refractivity contribution < 1.29 is 4.79 Å². The van der Waals surface area contributed by atoms with Crippen LogP contribution in [0.5, 0.6) is 0 Å². The average molecular weight is 444 g/mol. The molecule has 6 heteroatoms. The lowest BCUT2D eigenvalue weighted by Crippen LogP contribution is -2.41. The maximum Gasteiger partial charge on any atom is 0.251 e. The van der Waals surface area contributed by atoms with Gasteiger partial charge in [-0.05, 0) is 30.9 Å². The third kappa shape index (κ3) is 6.30. The molecule has 1 aromatic rings. The van der Waals surface area contributed by atoms with E-state index >= 15 is 0 Å². The first-order chi connectivity index (χ1) is 11.0. The van der Waals surface area contributed by atoms with Crippen molar-refractivity contribution in [2.24, 2.45) is 10.4 Å². The summed E-state index contributed by atoms with van der Waals surface area (Å²) in [5.74, 6) is 0.903. The molecule has 2 rings (SSSR count). The molecule has 0 aromatic heterocycles. The number of aliphatic imine (C=N–C) groups is 1. The summed E-state index contributed by atoms with van der Waals surface area (Å²) in [7, 11) is 0. The Morgan fingerprint density at radius 3 is 2.54 bits per heavy atom. The molecule has 1 amide bonds. The van der Waals surface area contributed by atoms with Crippen LogP contribution in [0, 0.1) is 5.41 Å². The number of halogens is 1. The van der Waals surface area contributed by atoms with Crippen LogP contribution < -0.4 is 10.6 Å². The Morgan fingerprint density at radius 1 is 1.25 bits per heavy atom. The molecule has 1 aliphatic rings. The normalized spacial score (nSPS) is 16.5. The standard InChI is InChI=1S/C18H28N4O.HI/c1-4-19-17(22-13-10-18(2,3)14-22)21-12-11-20-16(23)15-8-6-5-7-9-15;/h5-9H,4,10-14H2,1-3H3,(H,19,21)(H,20,23);1H. The van der Waals surface area contributed by atoms with Gasteiger partial charge in [0.1, 0.15) is 0 Å². The van der Waals surface area contributed by atoms with E-state index < -0.39 is 0 Å². The van der Waals surface area contributed by atoms with Gasteiger partial charge in [0.25, 0.3) is 5.91 Å². The quantitative estimate of drug-likeness (QED) is 0.318. The summed E-state index contributed by atoms with van der Waals surface area (Å²) in [6.45, 7) is 10.7. The number of rotatable bonds is 5. The van der Waals surface area contributed by atoms with Gasteiger partial charge >= 0.3 is 0 Å². The topological polar surface area (TPSA) is 56.7 Å². The monoisotopic (exact) mass is 444 g/mol. The third-order valence-corrected chi connectivity index (χ3v) is 4.01. The SMILES string of the molecule is CCNC(=NCCNC(=O)c1ccccc1)N1CCC(C)(C)C1.I. The van der Waals surface area contributed by atoms with Gasteiger partial charge in [0.15, 0.2) is 5.96 Å². The largest absolute Gasteiger partial charge is 0.357 e. The van der Waals surface area contributed by atoms with E-state index in [4.69, 9.17) is 0 Å². The number of nitrogens with one attached hydrogen (secondary N) is 2. The van der Waals surface area contributed by atoms with Crippen LogP contribution in [0.25, 0.3) is 0 Å². The number of carbonyl (C=O) groups is 1. The summed E-state index contributed by atoms with van der Waals surface area (Å²) in [4.78, 5) is 18.9. The minimum atomic E-state index is -0.0480. The van der Waals surface area contributed by atoms with Gasteiger partial charge in [-0.15, -0.1) is 24.0 Å². The zero-order valence-corrected chi connectivity index (χ0v) is 17.2. The van der Waals surface area contributed by atoms with E-state index in [0.717, 1.165) is 25.6 Å². The fraction of sp³-hybridized carbons (Fsp3) is 0.556. The number of likely N-dealkylation sites (tertiary alicyclic amines) is 1. The number of carbonyl (C=O) groups excluding carboxylic acids is 1. The molecule has 0 unspecified atom stereocenters. The van der Waals surface area contributed by atoms with Crippen molar-refractivity contribution in [3.8, 4) is 0 Å². The van der Waals surface area contributed by atoms with Crippen LogP contribution in [0.4, 0.5) is 0 Å². The third-order valence-electron chi connectivity index (χ3n) is 4.01. The van der Waals surface area contributed by atoms with E-state index in [1.807, 2.05) is 30.3 Å². The second-order valence-corrected chi connectivity index (χ2v) is 6.69. The molecular formula is C18H29IN4O. The Kier molecular flexibility index (Phi) is 8.52. The molecule has 0 spiro atoms. The van der Waals surface area contributed by atoms with Crippen molar-refractivity contribution in [3.05, 3.63) is 35.9 Å². The van der Waals surface area contributed by atoms with Crippen LogP contribution in [0.3, 0.4) is 0 Å². The summed E-state index contributed by atoms with van der Waals surface area (Å²) >= 11 is 0. The Hall–Kier alpha value is -1.31. The average Bonchev–Trinajstić information content (AvgIpc) is 2.91. The zero-order chi connectivity index (χ0) is 16.7. The van der Waals surface area contributed by atoms with Gasteiger partial charge < -0.3 is 15.5 Å². The lowest BCUT2D eigenvalue weighted by molar-refractivity contribution is 0.0955. The van der Waals surface area contributed by atoms with Crippen molar-refractivity contribution in [2.75, 3.05) is 32.7 Å². The summed E-state index contributed by atoms with van der Waals surface area (Å²) in [6, 6.07) is 9.27. The smallest absolute Gasteiger partial charge is 0.251 e. The van der Waals surface area contributed by atoms with E-state index in [1.165, 1.54) is 6.42 Å². The van der Waals surface area contributed by atoms with Crippen molar-refractivity contribution in [1.29, 1.82) is 0 Å². The zero-order valence-electron chi connectivity index (χ0n) is 14.8. The summed E-state index contributed by atoms with van der Waals surface area (Å²) in [5, 5.41) is 6.26. The number of benzene rings is 1. The minimum absolute atomic E-state index is 0. The molecule has 1 heterocycles. The lowest BCUT2D eigenvalue weighted by atomic mass is 9.93. The predicted octanol–water partition coefficient (Wildman–Crippen LogP) is 2.73. The molecular weight excluding hydrogens is 415 g/mol. The van der Waals surface area contributed by atoms with E-state index in [2.05, 4.69) is 41.3 Å². The Morgan fingerprint density at radius 2 is 1.96 bits per heavy atom. The Labute approximate surface area is 162 Å². The van der Waals surface area contributed by atoms with Crippen LogP contribution in [0.15, 0.2) is 35.3 Å². The molecule has 5 nitrogen and oxygen atoms in total. The number of guanidine groups is 1. The minimum Gasteiger partial charge on any atom is -0.357 e. The molecule has 134 valence electrons. The molecule has 0 radical (unpaired) electrons. The maximum absolute atomic E-state index is 12.0. The number of hydrogen-bond donors (Lipinski definition) is 2. The van der Waals surface area contributed by atoms with Crippen molar-refractivity contribution >= 4 is 35.8 Å². The molecule has 2 N–H and O–H groups in total. The van der Waals surface area contributed by atoms with Gasteiger partial charge in [-0.1, -0.05) is 32.0 Å². The van der Waals surface area contributed by atoms with E-state index in [9.17, 15) is 4.79 Å². The van der Waals surface area contributed by atoms with E-state index in [0.29, 0.717) is 24.1 Å². The molecule has 0 atom stereocenters. The number of hydrogen-bond acceptors (Lipinski definition) is 2. The summed E-state index contributed by atoms with van der Waals surface area (Å²) < 4.78 is 0. The highest BCUT2D eigenvalue weighted by Crippen LogP contribution is 2.28.